The Bertz CT molecular complexity index is 688. The summed E-state index contributed by atoms with van der Waals surface area (Å²) in [7, 11) is 0. The van der Waals surface area contributed by atoms with Crippen molar-refractivity contribution < 1.29 is 13.9 Å². The van der Waals surface area contributed by atoms with E-state index in [1.165, 1.54) is 23.9 Å². The Hall–Kier alpha value is -2.00. The first-order valence-corrected chi connectivity index (χ1v) is 9.21. The van der Waals surface area contributed by atoms with Crippen LogP contribution in [0.2, 0.25) is 0 Å². The van der Waals surface area contributed by atoms with E-state index in [2.05, 4.69) is 20.8 Å². The minimum Gasteiger partial charge on any atom is -0.376 e. The number of nitrogens with zero attached hydrogens (tertiary/aromatic N) is 4. The molecule has 1 aromatic heterocycles. The summed E-state index contributed by atoms with van der Waals surface area (Å²) in [5.74, 6) is -0.0985. The molecule has 25 heavy (non-hydrogen) atoms. The Morgan fingerprint density at radius 1 is 1.40 bits per heavy atom. The van der Waals surface area contributed by atoms with Gasteiger partial charge in [0, 0.05) is 13.2 Å². The molecule has 1 atom stereocenters. The number of hydrogen-bond acceptors (Lipinski definition) is 6. The maximum absolute atomic E-state index is 12.8. The monoisotopic (exact) mass is 365 g/mol. The van der Waals surface area contributed by atoms with Crippen LogP contribution in [0, 0.1) is 5.82 Å². The molecule has 1 fully saturated rings. The lowest BCUT2D eigenvalue weighted by Gasteiger charge is -2.10. The largest absolute Gasteiger partial charge is 0.376 e. The summed E-state index contributed by atoms with van der Waals surface area (Å²) in [5.41, 5.74) is 0.981. The van der Waals surface area contributed by atoms with Crippen LogP contribution in [0.1, 0.15) is 18.4 Å². The number of tetrazole rings is 1. The highest BCUT2D eigenvalue weighted by Gasteiger charge is 2.19. The van der Waals surface area contributed by atoms with Crippen LogP contribution in [0.5, 0.6) is 0 Å². The Morgan fingerprint density at radius 2 is 2.24 bits per heavy atom. The number of benzene rings is 1. The number of ether oxygens (including phenoxy) is 1. The van der Waals surface area contributed by atoms with Crippen LogP contribution >= 0.6 is 11.8 Å². The molecule has 1 N–H and O–H groups in total. The van der Waals surface area contributed by atoms with Gasteiger partial charge in [-0.05, 0) is 47.4 Å². The molecule has 1 unspecified atom stereocenters. The van der Waals surface area contributed by atoms with Gasteiger partial charge in [0.1, 0.15) is 5.82 Å². The third-order valence-electron chi connectivity index (χ3n) is 3.88. The first kappa shape index (κ1) is 17.8. The van der Waals surface area contributed by atoms with Gasteiger partial charge in [0.25, 0.3) is 0 Å². The van der Waals surface area contributed by atoms with Crippen LogP contribution < -0.4 is 5.32 Å². The molecule has 0 aliphatic carbocycles. The first-order valence-electron chi connectivity index (χ1n) is 8.22. The highest BCUT2D eigenvalue weighted by Crippen LogP contribution is 2.18. The van der Waals surface area contributed by atoms with Gasteiger partial charge >= 0.3 is 0 Å². The van der Waals surface area contributed by atoms with E-state index in [9.17, 15) is 9.18 Å². The SMILES string of the molecule is O=C(CSc1nnnn1CC1CCCO1)NCCc1ccc(F)cc1. The van der Waals surface area contributed by atoms with Crippen molar-refractivity contribution in [2.24, 2.45) is 0 Å². The third-order valence-corrected chi connectivity index (χ3v) is 4.84. The van der Waals surface area contributed by atoms with Crippen molar-refractivity contribution in [1.82, 2.24) is 25.5 Å². The van der Waals surface area contributed by atoms with Crippen LogP contribution in [-0.4, -0.2) is 51.1 Å². The molecular weight excluding hydrogens is 345 g/mol. The molecular formula is C16H20FN5O2S. The lowest BCUT2D eigenvalue weighted by molar-refractivity contribution is -0.118. The second kappa shape index (κ2) is 8.91. The number of amides is 1. The topological polar surface area (TPSA) is 81.9 Å². The van der Waals surface area contributed by atoms with Gasteiger partial charge < -0.3 is 10.1 Å². The minimum absolute atomic E-state index is 0.0845. The lowest BCUT2D eigenvalue weighted by atomic mass is 10.1. The zero-order valence-corrected chi connectivity index (χ0v) is 14.5. The van der Waals surface area contributed by atoms with Crippen LogP contribution in [0.4, 0.5) is 4.39 Å². The van der Waals surface area contributed by atoms with Crippen LogP contribution in [0.25, 0.3) is 0 Å². The third kappa shape index (κ3) is 5.50. The molecule has 1 aliphatic rings. The van der Waals surface area contributed by atoms with E-state index in [0.29, 0.717) is 24.7 Å². The average Bonchev–Trinajstić information content (AvgIpc) is 3.27. The summed E-state index contributed by atoms with van der Waals surface area (Å²) >= 11 is 1.30. The van der Waals surface area contributed by atoms with E-state index in [-0.39, 0.29) is 23.6 Å². The molecule has 0 saturated carbocycles. The van der Waals surface area contributed by atoms with Crippen molar-refractivity contribution in [3.63, 3.8) is 0 Å². The summed E-state index contributed by atoms with van der Waals surface area (Å²) in [6.45, 7) is 1.90. The molecule has 1 saturated heterocycles. The van der Waals surface area contributed by atoms with Crippen molar-refractivity contribution in [2.75, 3.05) is 18.9 Å². The van der Waals surface area contributed by atoms with Crippen molar-refractivity contribution >= 4 is 17.7 Å². The number of hydrogen-bond donors (Lipinski definition) is 1. The molecule has 2 aromatic rings. The van der Waals surface area contributed by atoms with Crippen LogP contribution in [-0.2, 0) is 22.5 Å². The molecule has 1 aliphatic heterocycles. The summed E-state index contributed by atoms with van der Waals surface area (Å²) in [4.78, 5) is 11.9. The molecule has 1 amide bonds. The van der Waals surface area contributed by atoms with Gasteiger partial charge in [0.15, 0.2) is 0 Å². The lowest BCUT2D eigenvalue weighted by Crippen LogP contribution is -2.27. The van der Waals surface area contributed by atoms with Crippen molar-refractivity contribution in [3.05, 3.63) is 35.6 Å². The number of aromatic nitrogens is 4. The fraction of sp³-hybridized carbons (Fsp3) is 0.500. The van der Waals surface area contributed by atoms with Gasteiger partial charge in [-0.1, -0.05) is 23.9 Å². The van der Waals surface area contributed by atoms with Gasteiger partial charge in [-0.2, -0.15) is 0 Å². The smallest absolute Gasteiger partial charge is 0.230 e. The van der Waals surface area contributed by atoms with E-state index < -0.39 is 0 Å². The zero-order chi connectivity index (χ0) is 17.5. The Labute approximate surface area is 149 Å². The highest BCUT2D eigenvalue weighted by molar-refractivity contribution is 7.99. The van der Waals surface area contributed by atoms with E-state index in [0.717, 1.165) is 25.0 Å². The van der Waals surface area contributed by atoms with Gasteiger partial charge in [-0.3, -0.25) is 4.79 Å². The molecule has 2 heterocycles. The zero-order valence-electron chi connectivity index (χ0n) is 13.7. The molecule has 0 spiro atoms. The van der Waals surface area contributed by atoms with Gasteiger partial charge in [-0.15, -0.1) is 5.10 Å². The van der Waals surface area contributed by atoms with Gasteiger partial charge in [-0.25, -0.2) is 9.07 Å². The Kier molecular flexibility index (Phi) is 6.35. The second-order valence-corrected chi connectivity index (χ2v) is 6.74. The van der Waals surface area contributed by atoms with E-state index in [1.807, 2.05) is 0 Å². The molecule has 0 radical (unpaired) electrons. The minimum atomic E-state index is -0.259. The number of nitrogens with one attached hydrogen (secondary N) is 1. The number of thioether (sulfide) groups is 1. The van der Waals surface area contributed by atoms with Crippen LogP contribution in [0.3, 0.4) is 0 Å². The quantitative estimate of drug-likeness (QED) is 0.713. The molecule has 9 heteroatoms. The Morgan fingerprint density at radius 3 is 3.00 bits per heavy atom. The number of carbonyl (C=O) groups excluding carboxylic acids is 1. The predicted molar refractivity (Wildman–Crippen MR) is 90.6 cm³/mol. The molecule has 3 rings (SSSR count). The first-order chi connectivity index (χ1) is 12.2. The fourth-order valence-corrected chi connectivity index (χ4v) is 3.29. The molecule has 134 valence electrons. The van der Waals surface area contributed by atoms with E-state index in [1.54, 1.807) is 16.8 Å². The summed E-state index contributed by atoms with van der Waals surface area (Å²) in [6, 6.07) is 6.27. The standard InChI is InChI=1S/C16H20FN5O2S/c17-13-5-3-12(4-6-13)7-8-18-15(23)11-25-16-19-20-21-22(16)10-14-2-1-9-24-14/h3-6,14H,1-2,7-11H2,(H,18,23). The van der Waals surface area contributed by atoms with E-state index in [4.69, 9.17) is 4.74 Å². The molecule has 7 nitrogen and oxygen atoms in total. The second-order valence-electron chi connectivity index (χ2n) is 5.79. The normalized spacial score (nSPS) is 16.9. The van der Waals surface area contributed by atoms with Crippen molar-refractivity contribution in [1.29, 1.82) is 0 Å². The molecule has 1 aromatic carbocycles. The number of rotatable bonds is 8. The van der Waals surface area contributed by atoms with E-state index >= 15 is 0 Å². The maximum atomic E-state index is 12.8. The summed E-state index contributed by atoms with van der Waals surface area (Å²) in [5, 5.41) is 15.1. The predicted octanol–water partition coefficient (Wildman–Crippen LogP) is 1.44. The molecule has 0 bridgehead atoms. The van der Waals surface area contributed by atoms with Gasteiger partial charge in [0.05, 0.1) is 18.4 Å². The van der Waals surface area contributed by atoms with Crippen molar-refractivity contribution in [2.45, 2.75) is 37.1 Å². The van der Waals surface area contributed by atoms with Crippen LogP contribution in [0.15, 0.2) is 29.4 Å². The van der Waals surface area contributed by atoms with Crippen molar-refractivity contribution in [3.8, 4) is 0 Å². The summed E-state index contributed by atoms with van der Waals surface area (Å²) in [6.07, 6.45) is 2.87. The number of halogens is 1. The van der Waals surface area contributed by atoms with Gasteiger partial charge in [0.2, 0.25) is 11.1 Å². The number of carbonyl (C=O) groups is 1. The average molecular weight is 365 g/mol. The maximum Gasteiger partial charge on any atom is 0.230 e. The fourth-order valence-electron chi connectivity index (χ4n) is 2.57. The Balaban J connectivity index is 1.38. The highest BCUT2D eigenvalue weighted by atomic mass is 32.2. The summed E-state index contributed by atoms with van der Waals surface area (Å²) < 4.78 is 20.1.